The summed E-state index contributed by atoms with van der Waals surface area (Å²) in [5.74, 6) is 0.185. The lowest BCUT2D eigenvalue weighted by molar-refractivity contribution is -0.134. The molecule has 1 aliphatic rings. The lowest BCUT2D eigenvalue weighted by Crippen LogP contribution is -2.44. The number of rotatable bonds is 5. The summed E-state index contributed by atoms with van der Waals surface area (Å²) in [5, 5.41) is 12.9. The van der Waals surface area contributed by atoms with Crippen LogP contribution in [0.1, 0.15) is 33.1 Å². The molecule has 15 heavy (non-hydrogen) atoms. The van der Waals surface area contributed by atoms with Crippen molar-refractivity contribution in [2.75, 3.05) is 19.6 Å². The van der Waals surface area contributed by atoms with Crippen molar-refractivity contribution in [2.45, 2.75) is 45.3 Å². The van der Waals surface area contributed by atoms with E-state index in [0.29, 0.717) is 25.6 Å². The van der Waals surface area contributed by atoms with E-state index in [1.807, 2.05) is 13.8 Å². The Bertz CT molecular complexity index is 207. The first kappa shape index (κ1) is 12.5. The van der Waals surface area contributed by atoms with Gasteiger partial charge in [-0.25, -0.2) is 0 Å². The van der Waals surface area contributed by atoms with Gasteiger partial charge in [-0.2, -0.15) is 0 Å². The zero-order valence-electron chi connectivity index (χ0n) is 9.70. The molecule has 1 atom stereocenters. The zero-order chi connectivity index (χ0) is 11.3. The van der Waals surface area contributed by atoms with E-state index in [1.165, 1.54) is 0 Å². The van der Waals surface area contributed by atoms with Crippen LogP contribution in [-0.4, -0.2) is 47.7 Å². The average molecular weight is 214 g/mol. The average Bonchev–Trinajstić information content (AvgIpc) is 2.18. The molecule has 88 valence electrons. The molecule has 1 aliphatic heterocycles. The summed E-state index contributed by atoms with van der Waals surface area (Å²) in [6.07, 6.45) is 2.25. The number of piperidine rings is 1. The third kappa shape index (κ3) is 4.62. The lowest BCUT2D eigenvalue weighted by Gasteiger charge is -2.29. The van der Waals surface area contributed by atoms with Crippen molar-refractivity contribution in [1.82, 2.24) is 10.2 Å². The molecule has 4 heteroatoms. The van der Waals surface area contributed by atoms with Crippen molar-refractivity contribution < 1.29 is 9.90 Å². The second-order valence-corrected chi connectivity index (χ2v) is 4.51. The van der Waals surface area contributed by atoms with Crippen molar-refractivity contribution in [3.05, 3.63) is 0 Å². The van der Waals surface area contributed by atoms with E-state index >= 15 is 0 Å². The second kappa shape index (κ2) is 6.08. The molecule has 2 N–H and O–H groups in total. The molecule has 1 amide bonds. The smallest absolute Gasteiger partial charge is 0.222 e. The number of likely N-dealkylation sites (tertiary alicyclic amines) is 1. The number of nitrogens with zero attached hydrogens (tertiary/aromatic N) is 1. The van der Waals surface area contributed by atoms with E-state index in [-0.39, 0.29) is 5.91 Å². The van der Waals surface area contributed by atoms with E-state index in [4.69, 9.17) is 0 Å². The number of hydrogen-bond donors (Lipinski definition) is 2. The van der Waals surface area contributed by atoms with Gasteiger partial charge in [0.2, 0.25) is 5.91 Å². The van der Waals surface area contributed by atoms with Crippen LogP contribution in [0.5, 0.6) is 0 Å². The molecule has 0 saturated carbocycles. The molecule has 0 aromatic rings. The normalized spacial score (nSPS) is 19.7. The summed E-state index contributed by atoms with van der Waals surface area (Å²) in [5.41, 5.74) is 0. The van der Waals surface area contributed by atoms with Crippen LogP contribution in [0.15, 0.2) is 0 Å². The minimum Gasteiger partial charge on any atom is -0.390 e. The van der Waals surface area contributed by atoms with E-state index in [9.17, 15) is 9.90 Å². The monoisotopic (exact) mass is 214 g/mol. The van der Waals surface area contributed by atoms with E-state index < -0.39 is 6.10 Å². The lowest BCUT2D eigenvalue weighted by atomic mass is 10.1. The molecule has 0 radical (unpaired) electrons. The first-order valence-corrected chi connectivity index (χ1v) is 5.79. The number of carbonyl (C=O) groups excluding carboxylic acids is 1. The van der Waals surface area contributed by atoms with Crippen LogP contribution < -0.4 is 5.32 Å². The highest BCUT2D eigenvalue weighted by Gasteiger charge is 2.20. The highest BCUT2D eigenvalue weighted by atomic mass is 16.3. The van der Waals surface area contributed by atoms with Crippen LogP contribution in [0.4, 0.5) is 0 Å². The molecule has 1 fully saturated rings. The van der Waals surface area contributed by atoms with Gasteiger partial charge in [-0.15, -0.1) is 0 Å². The predicted molar refractivity (Wildman–Crippen MR) is 59.6 cm³/mol. The maximum Gasteiger partial charge on any atom is 0.222 e. The van der Waals surface area contributed by atoms with Crippen LogP contribution in [0.2, 0.25) is 0 Å². The van der Waals surface area contributed by atoms with E-state index in [2.05, 4.69) is 5.32 Å². The second-order valence-electron chi connectivity index (χ2n) is 4.51. The fourth-order valence-corrected chi connectivity index (χ4v) is 1.75. The van der Waals surface area contributed by atoms with Gasteiger partial charge in [0, 0.05) is 32.1 Å². The number of carbonyl (C=O) groups is 1. The zero-order valence-corrected chi connectivity index (χ0v) is 9.70. The molecule has 0 aliphatic carbocycles. The molecule has 1 unspecified atom stereocenters. The van der Waals surface area contributed by atoms with Gasteiger partial charge in [-0.3, -0.25) is 4.79 Å². The summed E-state index contributed by atoms with van der Waals surface area (Å²) in [6.45, 7) is 5.91. The number of amides is 1. The number of aliphatic hydroxyl groups excluding tert-OH is 1. The van der Waals surface area contributed by atoms with Gasteiger partial charge in [0.05, 0.1) is 6.10 Å². The van der Waals surface area contributed by atoms with Gasteiger partial charge in [0.25, 0.3) is 0 Å². The topological polar surface area (TPSA) is 52.6 Å². The third-order valence-electron chi connectivity index (χ3n) is 2.61. The molecule has 0 bridgehead atoms. The summed E-state index contributed by atoms with van der Waals surface area (Å²) >= 11 is 0. The fraction of sp³-hybridized carbons (Fsp3) is 0.909. The maximum atomic E-state index is 11.5. The van der Waals surface area contributed by atoms with Crippen molar-refractivity contribution in [3.63, 3.8) is 0 Å². The number of hydrogen-bond acceptors (Lipinski definition) is 3. The van der Waals surface area contributed by atoms with Gasteiger partial charge in [-0.05, 0) is 12.8 Å². The molecule has 1 heterocycles. The Morgan fingerprint density at radius 3 is 2.80 bits per heavy atom. The molecule has 0 aromatic heterocycles. The van der Waals surface area contributed by atoms with Crippen molar-refractivity contribution in [3.8, 4) is 0 Å². The quantitative estimate of drug-likeness (QED) is 0.694. The standard InChI is InChI=1S/C11H22N2O2/c1-9(2)12-7-10(14)8-13-6-4-3-5-11(13)15/h9-10,12,14H,3-8H2,1-2H3. The van der Waals surface area contributed by atoms with Crippen molar-refractivity contribution in [1.29, 1.82) is 0 Å². The van der Waals surface area contributed by atoms with Crippen LogP contribution in [-0.2, 0) is 4.79 Å². The third-order valence-corrected chi connectivity index (χ3v) is 2.61. The van der Waals surface area contributed by atoms with Crippen molar-refractivity contribution in [2.24, 2.45) is 0 Å². The minimum atomic E-state index is -0.450. The summed E-state index contributed by atoms with van der Waals surface area (Å²) in [6, 6.07) is 0.372. The Balaban J connectivity index is 2.23. The Morgan fingerprint density at radius 1 is 1.47 bits per heavy atom. The Kier molecular flexibility index (Phi) is 5.05. The van der Waals surface area contributed by atoms with Crippen LogP contribution in [0.3, 0.4) is 0 Å². The van der Waals surface area contributed by atoms with Crippen LogP contribution >= 0.6 is 0 Å². The maximum absolute atomic E-state index is 11.5. The van der Waals surface area contributed by atoms with Gasteiger partial charge < -0.3 is 15.3 Å². The molecule has 4 nitrogen and oxygen atoms in total. The minimum absolute atomic E-state index is 0.185. The number of nitrogens with one attached hydrogen (secondary N) is 1. The predicted octanol–water partition coefficient (Wildman–Crippen LogP) is 0.358. The first-order chi connectivity index (χ1) is 7.09. The highest BCUT2D eigenvalue weighted by molar-refractivity contribution is 5.76. The summed E-state index contributed by atoms with van der Waals surface area (Å²) in [7, 11) is 0. The largest absolute Gasteiger partial charge is 0.390 e. The van der Waals surface area contributed by atoms with Gasteiger partial charge in [-0.1, -0.05) is 13.8 Å². The Morgan fingerprint density at radius 2 is 2.20 bits per heavy atom. The molecule has 1 saturated heterocycles. The SMILES string of the molecule is CC(C)NCC(O)CN1CCCCC1=O. The fourth-order valence-electron chi connectivity index (χ4n) is 1.75. The molecular formula is C11H22N2O2. The molecular weight excluding hydrogens is 192 g/mol. The molecule has 1 rings (SSSR count). The Hall–Kier alpha value is -0.610. The number of β-amino-alcohol motifs (C(OH)–C–C–N with tert-alkyl or cyclic N) is 1. The highest BCUT2D eigenvalue weighted by Crippen LogP contribution is 2.10. The molecule has 0 spiro atoms. The summed E-state index contributed by atoms with van der Waals surface area (Å²) < 4.78 is 0. The van der Waals surface area contributed by atoms with Gasteiger partial charge in [0.1, 0.15) is 0 Å². The summed E-state index contributed by atoms with van der Waals surface area (Å²) in [4.78, 5) is 13.2. The van der Waals surface area contributed by atoms with Gasteiger partial charge >= 0.3 is 0 Å². The number of aliphatic hydroxyl groups is 1. The first-order valence-electron chi connectivity index (χ1n) is 5.79. The Labute approximate surface area is 91.6 Å². The van der Waals surface area contributed by atoms with Crippen molar-refractivity contribution >= 4 is 5.91 Å². The van der Waals surface area contributed by atoms with Gasteiger partial charge in [0.15, 0.2) is 0 Å². The van der Waals surface area contributed by atoms with E-state index in [0.717, 1.165) is 19.4 Å². The van der Waals surface area contributed by atoms with E-state index in [1.54, 1.807) is 4.90 Å². The van der Waals surface area contributed by atoms with Crippen LogP contribution in [0.25, 0.3) is 0 Å². The molecule has 0 aromatic carbocycles. The van der Waals surface area contributed by atoms with Crippen LogP contribution in [0, 0.1) is 0 Å².